The molecule has 3 rings (SSSR count). The van der Waals surface area contributed by atoms with Gasteiger partial charge in [-0.25, -0.2) is 14.7 Å². The minimum absolute atomic E-state index is 0.257. The summed E-state index contributed by atoms with van der Waals surface area (Å²) < 4.78 is 13.9. The van der Waals surface area contributed by atoms with E-state index in [0.29, 0.717) is 12.2 Å². The molecule has 0 aromatic heterocycles. The van der Waals surface area contributed by atoms with E-state index in [-0.39, 0.29) is 24.3 Å². The molecule has 1 aromatic rings. The molecule has 34 heavy (non-hydrogen) atoms. The van der Waals surface area contributed by atoms with E-state index in [9.17, 15) is 18.8 Å². The molecule has 2 aliphatic rings. The number of nitrogens with one attached hydrogen (secondary N) is 3. The smallest absolute Gasteiger partial charge is 0.319 e. The molecule has 1 aliphatic heterocycles. The predicted molar refractivity (Wildman–Crippen MR) is 127 cm³/mol. The standard InChI is InChI=1S/C24H36FN5O4/c1-16(2)22(23(32)30(15-21(31)28-34)14-17-7-3-4-8-17)27-24(33)26-19-13-18(25)9-10-20(19)29-11-5-6-12-29/h9-10,13,16-17,22,34H,3-8,11-12,14-15H2,1-2H3,(H,28,31)(H2,26,27,33). The molecule has 4 amide bonds. The van der Waals surface area contributed by atoms with E-state index >= 15 is 0 Å². The molecular weight excluding hydrogens is 441 g/mol. The molecule has 1 aromatic carbocycles. The summed E-state index contributed by atoms with van der Waals surface area (Å²) in [4.78, 5) is 41.7. The van der Waals surface area contributed by atoms with Crippen LogP contribution in [0.1, 0.15) is 52.4 Å². The first-order chi connectivity index (χ1) is 16.3. The summed E-state index contributed by atoms with van der Waals surface area (Å²) in [6, 6.07) is 2.78. The molecule has 0 bridgehead atoms. The van der Waals surface area contributed by atoms with Gasteiger partial charge in [-0.2, -0.15) is 0 Å². The number of carbonyl (C=O) groups excluding carboxylic acids is 3. The first-order valence-corrected chi connectivity index (χ1v) is 12.1. The van der Waals surface area contributed by atoms with Crippen LogP contribution >= 0.6 is 0 Å². The van der Waals surface area contributed by atoms with E-state index in [0.717, 1.165) is 57.3 Å². The van der Waals surface area contributed by atoms with Crippen molar-refractivity contribution in [1.29, 1.82) is 0 Å². The number of nitrogens with zero attached hydrogens (tertiary/aromatic N) is 2. The lowest BCUT2D eigenvalue weighted by Gasteiger charge is -2.31. The Bertz CT molecular complexity index is 869. The number of carbonyl (C=O) groups is 3. The van der Waals surface area contributed by atoms with Crippen LogP contribution < -0.4 is 21.0 Å². The fraction of sp³-hybridized carbons (Fsp3) is 0.625. The number of hydrogen-bond donors (Lipinski definition) is 4. The maximum absolute atomic E-state index is 13.9. The van der Waals surface area contributed by atoms with Crippen LogP contribution in [0.3, 0.4) is 0 Å². The molecule has 1 heterocycles. The maximum Gasteiger partial charge on any atom is 0.319 e. The number of halogens is 1. The van der Waals surface area contributed by atoms with Crippen LogP contribution in [-0.2, 0) is 9.59 Å². The van der Waals surface area contributed by atoms with E-state index in [4.69, 9.17) is 5.21 Å². The van der Waals surface area contributed by atoms with Crippen molar-refractivity contribution < 1.29 is 24.0 Å². The first-order valence-electron chi connectivity index (χ1n) is 12.1. The van der Waals surface area contributed by atoms with Gasteiger partial charge in [0.05, 0.1) is 11.4 Å². The lowest BCUT2D eigenvalue weighted by molar-refractivity contribution is -0.141. The summed E-state index contributed by atoms with van der Waals surface area (Å²) >= 11 is 0. The Morgan fingerprint density at radius 3 is 2.44 bits per heavy atom. The van der Waals surface area contributed by atoms with Crippen molar-refractivity contribution in [3.8, 4) is 0 Å². The van der Waals surface area contributed by atoms with Crippen LogP contribution in [0.2, 0.25) is 0 Å². The van der Waals surface area contributed by atoms with E-state index < -0.39 is 23.8 Å². The van der Waals surface area contributed by atoms with Crippen molar-refractivity contribution in [2.45, 2.75) is 58.4 Å². The Balaban J connectivity index is 1.72. The number of rotatable bonds is 9. The lowest BCUT2D eigenvalue weighted by Crippen LogP contribution is -2.54. The second-order valence-corrected chi connectivity index (χ2v) is 9.58. The summed E-state index contributed by atoms with van der Waals surface area (Å²) in [6.07, 6.45) is 6.18. The molecule has 1 unspecified atom stereocenters. The van der Waals surface area contributed by atoms with E-state index in [1.54, 1.807) is 25.4 Å². The molecule has 9 nitrogen and oxygen atoms in total. The molecule has 2 fully saturated rings. The van der Waals surface area contributed by atoms with Gasteiger partial charge in [0.25, 0.3) is 5.91 Å². The Kier molecular flexibility index (Phi) is 9.09. The Hall–Kier alpha value is -2.88. The van der Waals surface area contributed by atoms with Crippen molar-refractivity contribution in [2.75, 3.05) is 36.4 Å². The summed E-state index contributed by atoms with van der Waals surface area (Å²) in [5.74, 6) is -1.51. The zero-order valence-corrected chi connectivity index (χ0v) is 20.0. The molecule has 0 radical (unpaired) electrons. The highest BCUT2D eigenvalue weighted by Gasteiger charge is 2.32. The van der Waals surface area contributed by atoms with Gasteiger partial charge in [0.15, 0.2) is 0 Å². The third-order valence-electron chi connectivity index (χ3n) is 6.60. The summed E-state index contributed by atoms with van der Waals surface area (Å²) in [5.41, 5.74) is 2.67. The van der Waals surface area contributed by atoms with Crippen molar-refractivity contribution in [1.82, 2.24) is 15.7 Å². The summed E-state index contributed by atoms with van der Waals surface area (Å²) in [6.45, 7) is 5.38. The fourth-order valence-electron chi connectivity index (χ4n) is 4.80. The molecular formula is C24H36FN5O4. The van der Waals surface area contributed by atoms with E-state index in [2.05, 4.69) is 15.5 Å². The van der Waals surface area contributed by atoms with Gasteiger partial charge in [0, 0.05) is 19.6 Å². The quantitative estimate of drug-likeness (QED) is 0.322. The number of amides is 4. The average molecular weight is 478 g/mol. The van der Waals surface area contributed by atoms with E-state index in [1.807, 2.05) is 0 Å². The van der Waals surface area contributed by atoms with Crippen molar-refractivity contribution in [3.05, 3.63) is 24.0 Å². The molecule has 0 spiro atoms. The highest BCUT2D eigenvalue weighted by Crippen LogP contribution is 2.30. The second-order valence-electron chi connectivity index (χ2n) is 9.58. The molecule has 1 aliphatic carbocycles. The third-order valence-corrected chi connectivity index (χ3v) is 6.60. The van der Waals surface area contributed by atoms with Gasteiger partial charge in [-0.3, -0.25) is 14.8 Å². The Morgan fingerprint density at radius 1 is 1.15 bits per heavy atom. The predicted octanol–water partition coefficient (Wildman–Crippen LogP) is 3.10. The van der Waals surface area contributed by atoms with Crippen LogP contribution in [0.5, 0.6) is 0 Å². The average Bonchev–Trinajstić information content (AvgIpc) is 3.51. The molecule has 1 saturated heterocycles. The summed E-state index contributed by atoms with van der Waals surface area (Å²) in [7, 11) is 0. The lowest BCUT2D eigenvalue weighted by atomic mass is 10.0. The number of hydroxylamine groups is 1. The van der Waals surface area contributed by atoms with Gasteiger partial charge in [-0.15, -0.1) is 0 Å². The second kappa shape index (κ2) is 12.0. The van der Waals surface area contributed by atoms with Gasteiger partial charge >= 0.3 is 6.03 Å². The Morgan fingerprint density at radius 2 is 1.82 bits per heavy atom. The van der Waals surface area contributed by atoms with Crippen LogP contribution in [-0.4, -0.2) is 60.2 Å². The third kappa shape index (κ3) is 6.82. The number of hydrogen-bond acceptors (Lipinski definition) is 5. The SMILES string of the molecule is CC(C)C(NC(=O)Nc1cc(F)ccc1N1CCCC1)C(=O)N(CC(=O)NO)CC1CCCC1. The topological polar surface area (TPSA) is 114 Å². The van der Waals surface area contributed by atoms with Crippen LogP contribution in [0, 0.1) is 17.7 Å². The van der Waals surface area contributed by atoms with Crippen molar-refractivity contribution in [2.24, 2.45) is 11.8 Å². The van der Waals surface area contributed by atoms with Gasteiger partial charge in [0.2, 0.25) is 5.91 Å². The van der Waals surface area contributed by atoms with E-state index in [1.165, 1.54) is 17.0 Å². The maximum atomic E-state index is 13.9. The molecule has 10 heteroatoms. The Labute approximate surface area is 200 Å². The van der Waals surface area contributed by atoms with Gasteiger partial charge in [0.1, 0.15) is 18.4 Å². The van der Waals surface area contributed by atoms with Crippen LogP contribution in [0.15, 0.2) is 18.2 Å². The number of urea groups is 1. The minimum atomic E-state index is -0.892. The highest BCUT2D eigenvalue weighted by atomic mass is 19.1. The van der Waals surface area contributed by atoms with Crippen molar-refractivity contribution >= 4 is 29.2 Å². The molecule has 4 N–H and O–H groups in total. The van der Waals surface area contributed by atoms with Crippen molar-refractivity contribution in [3.63, 3.8) is 0 Å². The van der Waals surface area contributed by atoms with Crippen LogP contribution in [0.4, 0.5) is 20.6 Å². The minimum Gasteiger partial charge on any atom is -0.370 e. The highest BCUT2D eigenvalue weighted by molar-refractivity contribution is 5.97. The number of anilines is 2. The van der Waals surface area contributed by atoms with Gasteiger partial charge in [-0.1, -0.05) is 26.7 Å². The zero-order chi connectivity index (χ0) is 24.7. The normalized spacial score (nSPS) is 17.0. The van der Waals surface area contributed by atoms with Gasteiger partial charge in [-0.05, 0) is 55.7 Å². The zero-order valence-electron chi connectivity index (χ0n) is 20.0. The monoisotopic (exact) mass is 477 g/mol. The molecule has 1 saturated carbocycles. The molecule has 188 valence electrons. The first kappa shape index (κ1) is 25.7. The summed E-state index contributed by atoms with van der Waals surface area (Å²) in [5, 5.41) is 14.4. The van der Waals surface area contributed by atoms with Crippen LogP contribution in [0.25, 0.3) is 0 Å². The number of benzene rings is 1. The molecule has 1 atom stereocenters. The van der Waals surface area contributed by atoms with Gasteiger partial charge < -0.3 is 20.4 Å². The largest absolute Gasteiger partial charge is 0.370 e. The fourth-order valence-corrected chi connectivity index (χ4v) is 4.80.